The van der Waals surface area contributed by atoms with Crippen molar-refractivity contribution >= 4 is 10.8 Å². The summed E-state index contributed by atoms with van der Waals surface area (Å²) in [5.74, 6) is 2.53. The lowest BCUT2D eigenvalue weighted by molar-refractivity contribution is 0.391. The molecule has 0 heterocycles. The first kappa shape index (κ1) is 15.2. The Morgan fingerprint density at radius 2 is 1.30 bits per heavy atom. The van der Waals surface area contributed by atoms with Gasteiger partial charge < -0.3 is 14.2 Å². The minimum absolute atomic E-state index is 0.802. The van der Waals surface area contributed by atoms with Crippen LogP contribution in [-0.4, -0.2) is 21.3 Å². The Labute approximate surface area is 136 Å². The van der Waals surface area contributed by atoms with Gasteiger partial charge in [0.1, 0.15) is 17.2 Å². The van der Waals surface area contributed by atoms with Crippen molar-refractivity contribution in [2.75, 3.05) is 21.3 Å². The molecule has 3 rings (SSSR count). The van der Waals surface area contributed by atoms with Crippen LogP contribution in [-0.2, 0) is 6.42 Å². The standard InChI is InChI=1S/C20H20O3/c1-21-18-8-6-15-10-14(4-5-16(15)12-18)11-17-7-9-19(22-2)13-20(17)23-3/h4-10,12-13H,11H2,1-3H3. The van der Waals surface area contributed by atoms with Crippen LogP contribution in [0.4, 0.5) is 0 Å². The van der Waals surface area contributed by atoms with E-state index in [1.54, 1.807) is 21.3 Å². The lowest BCUT2D eigenvalue weighted by atomic mass is 10.0. The van der Waals surface area contributed by atoms with Gasteiger partial charge in [0.2, 0.25) is 0 Å². The molecule has 3 aromatic carbocycles. The van der Waals surface area contributed by atoms with Crippen molar-refractivity contribution in [3.05, 3.63) is 65.7 Å². The summed E-state index contributed by atoms with van der Waals surface area (Å²) in [6.07, 6.45) is 0.815. The molecule has 0 spiro atoms. The molecule has 0 saturated carbocycles. The Hall–Kier alpha value is -2.68. The zero-order valence-corrected chi connectivity index (χ0v) is 13.6. The quantitative estimate of drug-likeness (QED) is 0.696. The number of benzene rings is 3. The average molecular weight is 308 g/mol. The molecule has 3 nitrogen and oxygen atoms in total. The molecule has 0 bridgehead atoms. The molecule has 0 aliphatic carbocycles. The monoisotopic (exact) mass is 308 g/mol. The van der Waals surface area contributed by atoms with Crippen molar-refractivity contribution in [3.63, 3.8) is 0 Å². The zero-order valence-electron chi connectivity index (χ0n) is 13.6. The SMILES string of the molecule is COc1ccc(Cc2ccc3cc(OC)ccc3c2)c(OC)c1. The maximum atomic E-state index is 5.48. The fourth-order valence-corrected chi connectivity index (χ4v) is 2.73. The van der Waals surface area contributed by atoms with Gasteiger partial charge in [0.05, 0.1) is 21.3 Å². The van der Waals surface area contributed by atoms with Crippen LogP contribution in [0.3, 0.4) is 0 Å². The van der Waals surface area contributed by atoms with Crippen LogP contribution in [0, 0.1) is 0 Å². The molecule has 0 atom stereocenters. The first-order valence-electron chi connectivity index (χ1n) is 7.51. The van der Waals surface area contributed by atoms with E-state index in [1.807, 2.05) is 24.3 Å². The highest BCUT2D eigenvalue weighted by Crippen LogP contribution is 2.28. The molecule has 118 valence electrons. The van der Waals surface area contributed by atoms with Crippen LogP contribution < -0.4 is 14.2 Å². The average Bonchev–Trinajstić information content (AvgIpc) is 2.61. The number of rotatable bonds is 5. The lowest BCUT2D eigenvalue weighted by Gasteiger charge is -2.11. The molecular formula is C20H20O3. The predicted octanol–water partition coefficient (Wildman–Crippen LogP) is 4.46. The number of methoxy groups -OCH3 is 3. The Morgan fingerprint density at radius 3 is 2.04 bits per heavy atom. The smallest absolute Gasteiger partial charge is 0.126 e. The number of ether oxygens (including phenoxy) is 3. The van der Waals surface area contributed by atoms with Crippen LogP contribution in [0.15, 0.2) is 54.6 Å². The van der Waals surface area contributed by atoms with E-state index in [2.05, 4.69) is 30.3 Å². The van der Waals surface area contributed by atoms with Crippen molar-refractivity contribution in [2.24, 2.45) is 0 Å². The van der Waals surface area contributed by atoms with Gasteiger partial charge in [0, 0.05) is 12.5 Å². The summed E-state index contributed by atoms with van der Waals surface area (Å²) < 4.78 is 16.0. The second-order valence-corrected chi connectivity index (χ2v) is 5.40. The van der Waals surface area contributed by atoms with Gasteiger partial charge in [-0.15, -0.1) is 0 Å². The van der Waals surface area contributed by atoms with Crippen LogP contribution in [0.2, 0.25) is 0 Å². The molecule has 0 amide bonds. The summed E-state index contributed by atoms with van der Waals surface area (Å²) in [7, 11) is 5.03. The summed E-state index contributed by atoms with van der Waals surface area (Å²) in [5, 5.41) is 2.38. The topological polar surface area (TPSA) is 27.7 Å². The fourth-order valence-electron chi connectivity index (χ4n) is 2.73. The summed E-state index contributed by atoms with van der Waals surface area (Å²) in [6, 6.07) is 18.5. The maximum absolute atomic E-state index is 5.48. The summed E-state index contributed by atoms with van der Waals surface area (Å²) in [6.45, 7) is 0. The lowest BCUT2D eigenvalue weighted by Crippen LogP contribution is -1.95. The molecule has 23 heavy (non-hydrogen) atoms. The van der Waals surface area contributed by atoms with Gasteiger partial charge in [-0.25, -0.2) is 0 Å². The van der Waals surface area contributed by atoms with Crippen molar-refractivity contribution in [1.82, 2.24) is 0 Å². The van der Waals surface area contributed by atoms with E-state index in [0.29, 0.717) is 0 Å². The highest BCUT2D eigenvalue weighted by Gasteiger charge is 2.07. The normalized spacial score (nSPS) is 10.6. The number of fused-ring (bicyclic) bond motifs is 1. The minimum atomic E-state index is 0.802. The molecule has 0 saturated heterocycles. The maximum Gasteiger partial charge on any atom is 0.126 e. The fraction of sp³-hybridized carbons (Fsp3) is 0.200. The van der Waals surface area contributed by atoms with Crippen LogP contribution in [0.1, 0.15) is 11.1 Å². The Kier molecular flexibility index (Phi) is 4.38. The molecule has 0 N–H and O–H groups in total. The number of hydrogen-bond donors (Lipinski definition) is 0. The minimum Gasteiger partial charge on any atom is -0.497 e. The molecule has 0 aromatic heterocycles. The van der Waals surface area contributed by atoms with Gasteiger partial charge in [-0.2, -0.15) is 0 Å². The van der Waals surface area contributed by atoms with E-state index >= 15 is 0 Å². The molecule has 0 aliphatic heterocycles. The van der Waals surface area contributed by atoms with Crippen LogP contribution in [0.25, 0.3) is 10.8 Å². The molecule has 3 heteroatoms. The van der Waals surface area contributed by atoms with E-state index < -0.39 is 0 Å². The first-order valence-corrected chi connectivity index (χ1v) is 7.51. The highest BCUT2D eigenvalue weighted by atomic mass is 16.5. The molecular weight excluding hydrogens is 288 g/mol. The molecule has 0 unspecified atom stereocenters. The van der Waals surface area contributed by atoms with E-state index in [-0.39, 0.29) is 0 Å². The Bertz CT molecular complexity index is 824. The second-order valence-electron chi connectivity index (χ2n) is 5.40. The van der Waals surface area contributed by atoms with Gasteiger partial charge >= 0.3 is 0 Å². The largest absolute Gasteiger partial charge is 0.497 e. The van der Waals surface area contributed by atoms with E-state index in [4.69, 9.17) is 14.2 Å². The van der Waals surface area contributed by atoms with Crippen molar-refractivity contribution in [2.45, 2.75) is 6.42 Å². The third kappa shape index (κ3) is 3.24. The van der Waals surface area contributed by atoms with Crippen molar-refractivity contribution < 1.29 is 14.2 Å². The van der Waals surface area contributed by atoms with Crippen LogP contribution >= 0.6 is 0 Å². The van der Waals surface area contributed by atoms with Gasteiger partial charge in [0.25, 0.3) is 0 Å². The van der Waals surface area contributed by atoms with Gasteiger partial charge in [0.15, 0.2) is 0 Å². The first-order chi connectivity index (χ1) is 11.2. The summed E-state index contributed by atoms with van der Waals surface area (Å²) in [4.78, 5) is 0. The molecule has 0 fully saturated rings. The van der Waals surface area contributed by atoms with Crippen molar-refractivity contribution in [1.29, 1.82) is 0 Å². The third-order valence-electron chi connectivity index (χ3n) is 4.00. The summed E-state index contributed by atoms with van der Waals surface area (Å²) in [5.41, 5.74) is 2.38. The second kappa shape index (κ2) is 6.61. The van der Waals surface area contributed by atoms with Crippen LogP contribution in [0.5, 0.6) is 17.2 Å². The molecule has 3 aromatic rings. The van der Waals surface area contributed by atoms with Crippen molar-refractivity contribution in [3.8, 4) is 17.2 Å². The highest BCUT2D eigenvalue weighted by molar-refractivity contribution is 5.84. The zero-order chi connectivity index (χ0) is 16.2. The predicted molar refractivity (Wildman–Crippen MR) is 92.9 cm³/mol. The number of hydrogen-bond acceptors (Lipinski definition) is 3. The Balaban J connectivity index is 1.92. The van der Waals surface area contributed by atoms with E-state index in [1.165, 1.54) is 16.3 Å². The van der Waals surface area contributed by atoms with Gasteiger partial charge in [-0.05, 0) is 40.1 Å². The molecule has 0 aliphatic rings. The van der Waals surface area contributed by atoms with Gasteiger partial charge in [-0.3, -0.25) is 0 Å². The van der Waals surface area contributed by atoms with E-state index in [0.717, 1.165) is 29.2 Å². The molecule has 0 radical (unpaired) electrons. The summed E-state index contributed by atoms with van der Waals surface area (Å²) >= 11 is 0. The van der Waals surface area contributed by atoms with E-state index in [9.17, 15) is 0 Å². The Morgan fingerprint density at radius 1 is 0.652 bits per heavy atom. The third-order valence-corrected chi connectivity index (χ3v) is 4.00. The van der Waals surface area contributed by atoms with Gasteiger partial charge in [-0.1, -0.05) is 30.3 Å².